The molecule has 0 aliphatic heterocycles. The van der Waals surface area contributed by atoms with Crippen LogP contribution in [0, 0.1) is 0 Å². The van der Waals surface area contributed by atoms with E-state index in [2.05, 4.69) is 22.1 Å². The van der Waals surface area contributed by atoms with Gasteiger partial charge in [0.15, 0.2) is 11.0 Å². The normalized spacial score (nSPS) is 10.8. The minimum absolute atomic E-state index is 0.0482. The second-order valence-corrected chi connectivity index (χ2v) is 10.0. The van der Waals surface area contributed by atoms with Crippen LogP contribution in [0.2, 0.25) is 10.0 Å². The number of ether oxygens (including phenoxy) is 1. The van der Waals surface area contributed by atoms with Crippen LogP contribution in [0.4, 0.5) is 5.00 Å². The molecular weight excluding hydrogens is 539 g/mol. The van der Waals surface area contributed by atoms with Crippen LogP contribution in [0.3, 0.4) is 0 Å². The Kier molecular flexibility index (Phi) is 8.48. The fourth-order valence-electron chi connectivity index (χ4n) is 3.42. The molecule has 1 N–H and O–H groups in total. The fourth-order valence-corrected chi connectivity index (χ4v) is 5.49. The van der Waals surface area contributed by atoms with Gasteiger partial charge in [0, 0.05) is 28.1 Å². The Morgan fingerprint density at radius 3 is 2.58 bits per heavy atom. The van der Waals surface area contributed by atoms with Crippen molar-refractivity contribution < 1.29 is 14.3 Å². The lowest BCUT2D eigenvalue weighted by molar-refractivity contribution is -0.113. The number of hydrogen-bond acceptors (Lipinski definition) is 7. The zero-order valence-corrected chi connectivity index (χ0v) is 22.2. The van der Waals surface area contributed by atoms with Crippen LogP contribution in [0.15, 0.2) is 71.7 Å². The molecule has 36 heavy (non-hydrogen) atoms. The zero-order chi connectivity index (χ0) is 25.7. The molecule has 0 atom stereocenters. The largest absolute Gasteiger partial charge is 0.465 e. The highest BCUT2D eigenvalue weighted by Gasteiger charge is 2.23. The molecule has 2 aromatic carbocycles. The Morgan fingerprint density at radius 1 is 1.14 bits per heavy atom. The number of esters is 1. The number of nitrogens with one attached hydrogen (secondary N) is 1. The Balaban J connectivity index is 1.53. The number of anilines is 1. The number of amides is 1. The minimum atomic E-state index is -0.542. The Morgan fingerprint density at radius 2 is 1.89 bits per heavy atom. The van der Waals surface area contributed by atoms with E-state index in [-0.39, 0.29) is 11.7 Å². The van der Waals surface area contributed by atoms with Crippen molar-refractivity contribution >= 4 is 63.2 Å². The number of halogens is 2. The van der Waals surface area contributed by atoms with Crippen molar-refractivity contribution in [3.8, 4) is 22.5 Å². The number of hydrogen-bond donors (Lipinski definition) is 1. The highest BCUT2D eigenvalue weighted by Crippen LogP contribution is 2.37. The van der Waals surface area contributed by atoms with E-state index in [0.717, 1.165) is 11.1 Å². The summed E-state index contributed by atoms with van der Waals surface area (Å²) in [5, 5.41) is 15.2. The molecule has 7 nitrogen and oxygen atoms in total. The molecule has 0 fully saturated rings. The number of nitrogens with zero attached hydrogens (tertiary/aromatic N) is 3. The van der Waals surface area contributed by atoms with Gasteiger partial charge in [0.25, 0.3) is 0 Å². The van der Waals surface area contributed by atoms with E-state index < -0.39 is 5.97 Å². The SMILES string of the molecule is C=CCn1c(SCC(=O)Nc2scc(-c3ccc(Cl)cc3)c2C(=O)OC)nnc1-c1ccccc1Cl. The lowest BCUT2D eigenvalue weighted by atomic mass is 10.0. The van der Waals surface area contributed by atoms with E-state index in [1.807, 2.05) is 22.8 Å². The van der Waals surface area contributed by atoms with E-state index in [0.29, 0.717) is 43.7 Å². The number of thiophene rings is 1. The van der Waals surface area contributed by atoms with Crippen LogP contribution in [0.25, 0.3) is 22.5 Å². The summed E-state index contributed by atoms with van der Waals surface area (Å²) in [6.45, 7) is 4.25. The first kappa shape index (κ1) is 26.0. The average molecular weight is 560 g/mol. The summed E-state index contributed by atoms with van der Waals surface area (Å²) in [7, 11) is 1.30. The summed E-state index contributed by atoms with van der Waals surface area (Å²) >= 11 is 14.8. The molecule has 184 valence electrons. The number of rotatable bonds is 9. The summed E-state index contributed by atoms with van der Waals surface area (Å²) in [5.74, 6) is -0.212. The maximum Gasteiger partial charge on any atom is 0.341 e. The standard InChI is InChI=1S/C25H20Cl2N4O3S2/c1-3-12-31-22(17-6-4-5-7-19(17)27)29-30-25(31)36-14-20(32)28-23-21(24(33)34-2)18(13-35-23)15-8-10-16(26)11-9-15/h3-11,13H,1,12,14H2,2H3,(H,28,32). The number of methoxy groups -OCH3 is 1. The van der Waals surface area contributed by atoms with E-state index >= 15 is 0 Å². The van der Waals surface area contributed by atoms with Crippen molar-refractivity contribution in [1.29, 1.82) is 0 Å². The maximum atomic E-state index is 12.8. The summed E-state index contributed by atoms with van der Waals surface area (Å²) in [4.78, 5) is 25.4. The lowest BCUT2D eigenvalue weighted by Crippen LogP contribution is -2.16. The smallest absolute Gasteiger partial charge is 0.341 e. The quantitative estimate of drug-likeness (QED) is 0.140. The molecule has 0 aliphatic carbocycles. The van der Waals surface area contributed by atoms with Gasteiger partial charge in [-0.2, -0.15) is 0 Å². The Labute approximate surface area is 226 Å². The molecule has 11 heteroatoms. The molecule has 0 saturated heterocycles. The van der Waals surface area contributed by atoms with Crippen molar-refractivity contribution in [2.75, 3.05) is 18.2 Å². The summed E-state index contributed by atoms with van der Waals surface area (Å²) in [6, 6.07) is 14.4. The molecule has 0 saturated carbocycles. The highest BCUT2D eigenvalue weighted by molar-refractivity contribution is 7.99. The molecule has 0 spiro atoms. The van der Waals surface area contributed by atoms with Crippen molar-refractivity contribution in [3.63, 3.8) is 0 Å². The number of benzene rings is 2. The molecule has 4 aromatic rings. The fraction of sp³-hybridized carbons (Fsp3) is 0.120. The summed E-state index contributed by atoms with van der Waals surface area (Å²) in [5.41, 5.74) is 2.47. The first-order chi connectivity index (χ1) is 17.4. The van der Waals surface area contributed by atoms with Crippen LogP contribution < -0.4 is 5.32 Å². The third kappa shape index (κ3) is 5.65. The highest BCUT2D eigenvalue weighted by atomic mass is 35.5. The predicted molar refractivity (Wildman–Crippen MR) is 146 cm³/mol. The van der Waals surface area contributed by atoms with E-state index in [9.17, 15) is 9.59 Å². The molecule has 2 aromatic heterocycles. The van der Waals surface area contributed by atoms with E-state index in [1.165, 1.54) is 30.2 Å². The number of allylic oxidation sites excluding steroid dienone is 1. The number of carbonyl (C=O) groups excluding carboxylic acids is 2. The molecular formula is C25H20Cl2N4O3S2. The molecule has 0 unspecified atom stereocenters. The number of thioether (sulfide) groups is 1. The van der Waals surface area contributed by atoms with Crippen LogP contribution in [-0.2, 0) is 16.1 Å². The molecule has 0 aliphatic rings. The summed E-state index contributed by atoms with van der Waals surface area (Å²) in [6.07, 6.45) is 1.72. The van der Waals surface area contributed by atoms with Crippen LogP contribution in [0.1, 0.15) is 10.4 Å². The van der Waals surface area contributed by atoms with Gasteiger partial charge in [-0.15, -0.1) is 28.1 Å². The van der Waals surface area contributed by atoms with Gasteiger partial charge in [0.1, 0.15) is 10.6 Å². The van der Waals surface area contributed by atoms with E-state index in [4.69, 9.17) is 27.9 Å². The average Bonchev–Trinajstić information content (AvgIpc) is 3.47. The zero-order valence-electron chi connectivity index (χ0n) is 19.0. The van der Waals surface area contributed by atoms with Crippen molar-refractivity contribution in [1.82, 2.24) is 14.8 Å². The molecule has 4 rings (SSSR count). The number of aromatic nitrogens is 3. The van der Waals surface area contributed by atoms with Crippen molar-refractivity contribution in [2.45, 2.75) is 11.7 Å². The Hall–Kier alpha value is -3.11. The van der Waals surface area contributed by atoms with Crippen LogP contribution in [0.5, 0.6) is 0 Å². The first-order valence-electron chi connectivity index (χ1n) is 10.6. The molecule has 0 bridgehead atoms. The van der Waals surface area contributed by atoms with Crippen LogP contribution >= 0.6 is 46.3 Å². The first-order valence-corrected chi connectivity index (χ1v) is 13.2. The maximum absolute atomic E-state index is 12.8. The van der Waals surface area contributed by atoms with Gasteiger partial charge >= 0.3 is 5.97 Å². The van der Waals surface area contributed by atoms with Gasteiger partial charge < -0.3 is 10.1 Å². The van der Waals surface area contributed by atoms with Gasteiger partial charge in [-0.25, -0.2) is 4.79 Å². The minimum Gasteiger partial charge on any atom is -0.465 e. The van der Waals surface area contributed by atoms with E-state index in [1.54, 1.807) is 41.8 Å². The Bertz CT molecular complexity index is 1420. The van der Waals surface area contributed by atoms with Gasteiger partial charge in [0.05, 0.1) is 17.9 Å². The summed E-state index contributed by atoms with van der Waals surface area (Å²) < 4.78 is 6.82. The van der Waals surface area contributed by atoms with Crippen LogP contribution in [-0.4, -0.2) is 39.5 Å². The predicted octanol–water partition coefficient (Wildman–Crippen LogP) is 6.68. The third-order valence-corrected chi connectivity index (χ3v) is 7.51. The second-order valence-electron chi connectivity index (χ2n) is 7.37. The second kappa shape index (κ2) is 11.7. The van der Waals surface area contributed by atoms with Crippen molar-refractivity contribution in [2.24, 2.45) is 0 Å². The van der Waals surface area contributed by atoms with Gasteiger partial charge in [-0.3, -0.25) is 9.36 Å². The van der Waals surface area contributed by atoms with Gasteiger partial charge in [-0.05, 0) is 29.8 Å². The van der Waals surface area contributed by atoms with Crippen molar-refractivity contribution in [3.05, 3.63) is 82.2 Å². The topological polar surface area (TPSA) is 86.1 Å². The lowest BCUT2D eigenvalue weighted by Gasteiger charge is -2.09. The molecule has 2 heterocycles. The molecule has 1 amide bonds. The monoisotopic (exact) mass is 558 g/mol. The van der Waals surface area contributed by atoms with Gasteiger partial charge in [0.2, 0.25) is 5.91 Å². The third-order valence-electron chi connectivity index (χ3n) is 5.06. The molecule has 0 radical (unpaired) electrons. The van der Waals surface area contributed by atoms with Gasteiger partial charge in [-0.1, -0.05) is 65.3 Å². The number of carbonyl (C=O) groups is 2.